The maximum absolute atomic E-state index is 5.95. The predicted molar refractivity (Wildman–Crippen MR) is 87.3 cm³/mol. The van der Waals surface area contributed by atoms with E-state index < -0.39 is 0 Å². The average molecular weight is 288 g/mol. The molecular weight excluding hydrogens is 266 g/mol. The minimum absolute atomic E-state index is 0.610. The van der Waals surface area contributed by atoms with Crippen LogP contribution in [-0.4, -0.2) is 13.1 Å². The van der Waals surface area contributed by atoms with E-state index in [9.17, 15) is 0 Å². The van der Waals surface area contributed by atoms with Gasteiger partial charge in [-0.25, -0.2) is 0 Å². The Morgan fingerprint density at radius 1 is 0.900 bits per heavy atom. The molecule has 0 heterocycles. The smallest absolute Gasteiger partial charge is 0.0406 e. The van der Waals surface area contributed by atoms with Crippen molar-refractivity contribution in [1.82, 2.24) is 5.32 Å². The predicted octanol–water partition coefficient (Wildman–Crippen LogP) is 4.35. The van der Waals surface area contributed by atoms with Crippen molar-refractivity contribution in [2.75, 3.05) is 13.1 Å². The van der Waals surface area contributed by atoms with E-state index in [0.29, 0.717) is 5.92 Å². The quantitative estimate of drug-likeness (QED) is 0.798. The minimum atomic E-state index is 0.610. The van der Waals surface area contributed by atoms with Crippen molar-refractivity contribution in [2.24, 2.45) is 5.92 Å². The molecule has 0 aliphatic heterocycles. The van der Waals surface area contributed by atoms with Gasteiger partial charge in [-0.05, 0) is 55.1 Å². The van der Waals surface area contributed by atoms with Crippen molar-refractivity contribution in [1.29, 1.82) is 0 Å². The van der Waals surface area contributed by atoms with Crippen LogP contribution in [0.1, 0.15) is 18.1 Å². The van der Waals surface area contributed by atoms with Crippen LogP contribution in [0.15, 0.2) is 54.6 Å². The van der Waals surface area contributed by atoms with E-state index >= 15 is 0 Å². The highest BCUT2D eigenvalue weighted by Gasteiger charge is 2.10. The fourth-order valence-electron chi connectivity index (χ4n) is 2.47. The third-order valence-corrected chi connectivity index (χ3v) is 3.74. The van der Waals surface area contributed by atoms with E-state index in [1.165, 1.54) is 11.1 Å². The highest BCUT2D eigenvalue weighted by Crippen LogP contribution is 2.16. The lowest BCUT2D eigenvalue weighted by Crippen LogP contribution is -2.25. The molecule has 20 heavy (non-hydrogen) atoms. The summed E-state index contributed by atoms with van der Waals surface area (Å²) in [4.78, 5) is 0. The molecule has 0 fully saturated rings. The summed E-state index contributed by atoms with van der Waals surface area (Å²) < 4.78 is 0. The molecule has 0 aromatic heterocycles. The van der Waals surface area contributed by atoms with Gasteiger partial charge in [0.05, 0.1) is 0 Å². The minimum Gasteiger partial charge on any atom is -0.317 e. The Kier molecular flexibility index (Phi) is 6.10. The van der Waals surface area contributed by atoms with Crippen LogP contribution in [0.25, 0.3) is 0 Å². The monoisotopic (exact) mass is 287 g/mol. The van der Waals surface area contributed by atoms with Crippen LogP contribution in [0, 0.1) is 5.92 Å². The first-order valence-corrected chi connectivity index (χ1v) is 7.65. The second kappa shape index (κ2) is 8.08. The van der Waals surface area contributed by atoms with Gasteiger partial charge in [-0.2, -0.15) is 0 Å². The molecule has 0 aliphatic carbocycles. The summed E-state index contributed by atoms with van der Waals surface area (Å²) in [6.45, 7) is 4.22. The molecule has 0 saturated heterocycles. The molecule has 106 valence electrons. The van der Waals surface area contributed by atoms with Gasteiger partial charge in [-0.15, -0.1) is 0 Å². The molecule has 1 atom stereocenters. The van der Waals surface area contributed by atoms with Crippen molar-refractivity contribution in [3.05, 3.63) is 70.7 Å². The number of rotatable bonds is 7. The van der Waals surface area contributed by atoms with Crippen molar-refractivity contribution in [2.45, 2.75) is 19.8 Å². The highest BCUT2D eigenvalue weighted by atomic mass is 35.5. The van der Waals surface area contributed by atoms with Crippen molar-refractivity contribution >= 4 is 11.6 Å². The number of hydrogen-bond acceptors (Lipinski definition) is 1. The summed E-state index contributed by atoms with van der Waals surface area (Å²) in [6.07, 6.45) is 2.19. The zero-order valence-electron chi connectivity index (χ0n) is 12.0. The Morgan fingerprint density at radius 3 is 2.10 bits per heavy atom. The molecule has 0 radical (unpaired) electrons. The molecule has 2 rings (SSSR count). The zero-order valence-corrected chi connectivity index (χ0v) is 12.7. The van der Waals surface area contributed by atoms with Gasteiger partial charge in [-0.1, -0.05) is 61.0 Å². The van der Waals surface area contributed by atoms with Crippen LogP contribution in [0.3, 0.4) is 0 Å². The van der Waals surface area contributed by atoms with E-state index in [4.69, 9.17) is 11.6 Å². The van der Waals surface area contributed by atoms with Crippen molar-refractivity contribution in [3.8, 4) is 0 Å². The Balaban J connectivity index is 2.01. The van der Waals surface area contributed by atoms with Crippen LogP contribution < -0.4 is 5.32 Å². The number of nitrogens with one attached hydrogen (secondary N) is 1. The van der Waals surface area contributed by atoms with Crippen LogP contribution >= 0.6 is 11.6 Å². The first-order chi connectivity index (χ1) is 9.78. The van der Waals surface area contributed by atoms with Crippen LogP contribution in [0.4, 0.5) is 0 Å². The molecule has 2 aromatic carbocycles. The van der Waals surface area contributed by atoms with Gasteiger partial charge in [0.1, 0.15) is 0 Å². The standard InChI is InChI=1S/C18H22ClN/c1-2-20-14-17(12-15-6-4-3-5-7-15)13-16-8-10-18(19)11-9-16/h3-11,17,20H,2,12-14H2,1H3. The Bertz CT molecular complexity index is 493. The van der Waals surface area contributed by atoms with Crippen molar-refractivity contribution in [3.63, 3.8) is 0 Å². The first kappa shape index (κ1) is 15.1. The summed E-state index contributed by atoms with van der Waals surface area (Å²) in [5, 5.41) is 4.28. The molecule has 0 bridgehead atoms. The third kappa shape index (κ3) is 4.99. The molecule has 0 amide bonds. The molecule has 0 spiro atoms. The maximum Gasteiger partial charge on any atom is 0.0406 e. The largest absolute Gasteiger partial charge is 0.317 e. The van der Waals surface area contributed by atoms with Crippen LogP contribution in [0.2, 0.25) is 5.02 Å². The van der Waals surface area contributed by atoms with Gasteiger partial charge in [0, 0.05) is 5.02 Å². The highest BCUT2D eigenvalue weighted by molar-refractivity contribution is 6.30. The molecule has 1 N–H and O–H groups in total. The molecule has 1 nitrogen and oxygen atoms in total. The van der Waals surface area contributed by atoms with E-state index in [1.54, 1.807) is 0 Å². The van der Waals surface area contributed by atoms with Gasteiger partial charge in [0.25, 0.3) is 0 Å². The maximum atomic E-state index is 5.95. The van der Waals surface area contributed by atoms with Crippen LogP contribution in [-0.2, 0) is 12.8 Å². The normalized spacial score (nSPS) is 12.3. The summed E-state index contributed by atoms with van der Waals surface area (Å²) in [7, 11) is 0. The van der Waals surface area contributed by atoms with Crippen molar-refractivity contribution < 1.29 is 0 Å². The molecule has 2 heteroatoms. The SMILES string of the molecule is CCNCC(Cc1ccccc1)Cc1ccc(Cl)cc1. The first-order valence-electron chi connectivity index (χ1n) is 7.27. The number of hydrogen-bond donors (Lipinski definition) is 1. The summed E-state index contributed by atoms with van der Waals surface area (Å²) in [6, 6.07) is 18.9. The molecule has 2 aromatic rings. The fraction of sp³-hybridized carbons (Fsp3) is 0.333. The molecule has 1 unspecified atom stereocenters. The summed E-state index contributed by atoms with van der Waals surface area (Å²) >= 11 is 5.95. The second-order valence-electron chi connectivity index (χ2n) is 5.19. The van der Waals surface area contributed by atoms with Gasteiger partial charge < -0.3 is 5.32 Å². The number of halogens is 1. The van der Waals surface area contributed by atoms with E-state index in [2.05, 4.69) is 54.7 Å². The molecule has 0 saturated carbocycles. The van der Waals surface area contributed by atoms with E-state index in [1.807, 2.05) is 12.1 Å². The topological polar surface area (TPSA) is 12.0 Å². The Morgan fingerprint density at radius 2 is 1.50 bits per heavy atom. The van der Waals surface area contributed by atoms with Gasteiger partial charge in [0.15, 0.2) is 0 Å². The average Bonchev–Trinajstić information content (AvgIpc) is 2.48. The van der Waals surface area contributed by atoms with Gasteiger partial charge in [0.2, 0.25) is 0 Å². The lowest BCUT2D eigenvalue weighted by atomic mass is 9.92. The van der Waals surface area contributed by atoms with E-state index in [0.717, 1.165) is 31.0 Å². The zero-order chi connectivity index (χ0) is 14.2. The Labute approximate surface area is 127 Å². The lowest BCUT2D eigenvalue weighted by molar-refractivity contribution is 0.478. The van der Waals surface area contributed by atoms with Gasteiger partial charge >= 0.3 is 0 Å². The van der Waals surface area contributed by atoms with Gasteiger partial charge in [-0.3, -0.25) is 0 Å². The number of benzene rings is 2. The second-order valence-corrected chi connectivity index (χ2v) is 5.63. The lowest BCUT2D eigenvalue weighted by Gasteiger charge is -2.17. The third-order valence-electron chi connectivity index (χ3n) is 3.49. The summed E-state index contributed by atoms with van der Waals surface area (Å²) in [5.41, 5.74) is 2.76. The summed E-state index contributed by atoms with van der Waals surface area (Å²) in [5.74, 6) is 0.610. The molecular formula is C18H22ClN. The molecule has 0 aliphatic rings. The fourth-order valence-corrected chi connectivity index (χ4v) is 2.59. The van der Waals surface area contributed by atoms with E-state index in [-0.39, 0.29) is 0 Å². The van der Waals surface area contributed by atoms with Crippen LogP contribution in [0.5, 0.6) is 0 Å². The Hall–Kier alpha value is -1.31.